The molecule has 1 aromatic rings. The summed E-state index contributed by atoms with van der Waals surface area (Å²) in [7, 11) is 1.67. The van der Waals surface area contributed by atoms with Gasteiger partial charge in [0.2, 0.25) is 0 Å². The SMILES string of the molecule is COCCC(C)C(O)c1snnc1C(C)C. The van der Waals surface area contributed by atoms with E-state index in [4.69, 9.17) is 4.74 Å². The molecule has 2 atom stereocenters. The third-order valence-corrected chi connectivity index (χ3v) is 3.48. The van der Waals surface area contributed by atoms with E-state index in [2.05, 4.69) is 23.4 Å². The molecule has 0 aliphatic rings. The molecule has 5 heteroatoms. The number of ether oxygens (including phenoxy) is 1. The summed E-state index contributed by atoms with van der Waals surface area (Å²) in [5.41, 5.74) is 0.918. The molecular formula is C11H20N2O2S. The van der Waals surface area contributed by atoms with Crippen molar-refractivity contribution in [2.45, 2.75) is 39.2 Å². The summed E-state index contributed by atoms with van der Waals surface area (Å²) < 4.78 is 8.95. The Bertz CT molecular complexity index is 315. The number of aliphatic hydroxyl groups excluding tert-OH is 1. The van der Waals surface area contributed by atoms with E-state index >= 15 is 0 Å². The van der Waals surface area contributed by atoms with E-state index in [1.54, 1.807) is 7.11 Å². The normalized spacial score (nSPS) is 15.4. The predicted octanol–water partition coefficient (Wildman–Crippen LogP) is 2.37. The third kappa shape index (κ3) is 3.23. The first-order valence-electron chi connectivity index (χ1n) is 5.57. The third-order valence-electron chi connectivity index (χ3n) is 2.67. The van der Waals surface area contributed by atoms with Crippen LogP contribution in [-0.4, -0.2) is 28.4 Å². The molecule has 0 aliphatic heterocycles. The zero-order chi connectivity index (χ0) is 12.1. The first-order valence-corrected chi connectivity index (χ1v) is 6.34. The topological polar surface area (TPSA) is 55.2 Å². The molecule has 0 saturated carbocycles. The Morgan fingerprint density at radius 1 is 1.38 bits per heavy atom. The molecule has 4 nitrogen and oxygen atoms in total. The van der Waals surface area contributed by atoms with E-state index in [1.165, 1.54) is 11.5 Å². The average Bonchev–Trinajstić information content (AvgIpc) is 2.73. The highest BCUT2D eigenvalue weighted by molar-refractivity contribution is 7.05. The van der Waals surface area contributed by atoms with Gasteiger partial charge in [0.15, 0.2) is 0 Å². The van der Waals surface area contributed by atoms with Gasteiger partial charge >= 0.3 is 0 Å². The Balaban J connectivity index is 2.71. The molecule has 2 unspecified atom stereocenters. The summed E-state index contributed by atoms with van der Waals surface area (Å²) in [4.78, 5) is 0.901. The van der Waals surface area contributed by atoms with E-state index in [9.17, 15) is 5.11 Å². The molecule has 0 fully saturated rings. The molecule has 0 aliphatic carbocycles. The summed E-state index contributed by atoms with van der Waals surface area (Å²) in [5, 5.41) is 14.3. The Morgan fingerprint density at radius 3 is 2.62 bits per heavy atom. The molecule has 1 N–H and O–H groups in total. The highest BCUT2D eigenvalue weighted by atomic mass is 32.1. The lowest BCUT2D eigenvalue weighted by Crippen LogP contribution is -2.12. The molecule has 0 saturated heterocycles. The fraction of sp³-hybridized carbons (Fsp3) is 0.818. The van der Waals surface area contributed by atoms with Crippen molar-refractivity contribution in [1.29, 1.82) is 0 Å². The van der Waals surface area contributed by atoms with Gasteiger partial charge in [0.05, 0.1) is 16.7 Å². The molecule has 16 heavy (non-hydrogen) atoms. The van der Waals surface area contributed by atoms with Gasteiger partial charge in [-0.2, -0.15) is 0 Å². The minimum Gasteiger partial charge on any atom is -0.387 e. The minimum atomic E-state index is -0.479. The van der Waals surface area contributed by atoms with Crippen LogP contribution < -0.4 is 0 Å². The van der Waals surface area contributed by atoms with Crippen LogP contribution in [0.3, 0.4) is 0 Å². The van der Waals surface area contributed by atoms with Gasteiger partial charge in [0, 0.05) is 13.7 Å². The zero-order valence-electron chi connectivity index (χ0n) is 10.3. The summed E-state index contributed by atoms with van der Waals surface area (Å²) in [6.07, 6.45) is 0.361. The van der Waals surface area contributed by atoms with Crippen LogP contribution in [0.2, 0.25) is 0 Å². The van der Waals surface area contributed by atoms with Crippen molar-refractivity contribution in [2.24, 2.45) is 5.92 Å². The van der Waals surface area contributed by atoms with Crippen molar-refractivity contribution in [3.63, 3.8) is 0 Å². The molecule has 0 bridgehead atoms. The van der Waals surface area contributed by atoms with E-state index in [0.717, 1.165) is 17.0 Å². The number of methoxy groups -OCH3 is 1. The second kappa shape index (κ2) is 6.27. The van der Waals surface area contributed by atoms with Crippen LogP contribution in [0.1, 0.15) is 49.8 Å². The molecule has 92 valence electrons. The van der Waals surface area contributed by atoms with Crippen molar-refractivity contribution >= 4 is 11.5 Å². The van der Waals surface area contributed by atoms with Gasteiger partial charge in [-0.05, 0) is 29.8 Å². The van der Waals surface area contributed by atoms with Crippen molar-refractivity contribution in [3.8, 4) is 0 Å². The zero-order valence-corrected chi connectivity index (χ0v) is 11.1. The molecule has 0 spiro atoms. The maximum Gasteiger partial charge on any atom is 0.0943 e. The summed E-state index contributed by atoms with van der Waals surface area (Å²) in [6, 6.07) is 0. The molecule has 0 aromatic carbocycles. The van der Waals surface area contributed by atoms with Crippen LogP contribution in [0.4, 0.5) is 0 Å². The van der Waals surface area contributed by atoms with Crippen LogP contribution >= 0.6 is 11.5 Å². The lowest BCUT2D eigenvalue weighted by Gasteiger charge is -2.18. The number of nitrogens with zero attached hydrogens (tertiary/aromatic N) is 2. The first-order chi connectivity index (χ1) is 7.57. The van der Waals surface area contributed by atoms with E-state index in [-0.39, 0.29) is 5.92 Å². The van der Waals surface area contributed by atoms with Gasteiger partial charge in [-0.1, -0.05) is 25.3 Å². The number of aromatic nitrogens is 2. The van der Waals surface area contributed by atoms with Crippen LogP contribution in [0.15, 0.2) is 0 Å². The smallest absolute Gasteiger partial charge is 0.0943 e. The maximum atomic E-state index is 10.2. The Labute approximate surface area is 101 Å². The van der Waals surface area contributed by atoms with Gasteiger partial charge < -0.3 is 9.84 Å². The second-order valence-electron chi connectivity index (χ2n) is 4.38. The van der Waals surface area contributed by atoms with Crippen LogP contribution in [0, 0.1) is 5.92 Å². The van der Waals surface area contributed by atoms with E-state index < -0.39 is 6.10 Å². The number of rotatable bonds is 6. The van der Waals surface area contributed by atoms with Gasteiger partial charge in [0.25, 0.3) is 0 Å². The van der Waals surface area contributed by atoms with Crippen LogP contribution in [-0.2, 0) is 4.74 Å². The Kier molecular flexibility index (Phi) is 5.31. The molecule has 1 heterocycles. The summed E-state index contributed by atoms with van der Waals surface area (Å²) >= 11 is 1.30. The van der Waals surface area contributed by atoms with Crippen molar-refractivity contribution in [3.05, 3.63) is 10.6 Å². The highest BCUT2D eigenvalue weighted by Crippen LogP contribution is 2.31. The maximum absolute atomic E-state index is 10.2. The number of hydrogen-bond donors (Lipinski definition) is 1. The predicted molar refractivity (Wildman–Crippen MR) is 64.6 cm³/mol. The van der Waals surface area contributed by atoms with Crippen molar-refractivity contribution in [2.75, 3.05) is 13.7 Å². The quantitative estimate of drug-likeness (QED) is 0.834. The lowest BCUT2D eigenvalue weighted by molar-refractivity contribution is 0.0902. The van der Waals surface area contributed by atoms with Gasteiger partial charge in [-0.3, -0.25) is 0 Å². The van der Waals surface area contributed by atoms with E-state index in [0.29, 0.717) is 12.5 Å². The Hall–Kier alpha value is -0.520. The molecule has 0 radical (unpaired) electrons. The largest absolute Gasteiger partial charge is 0.387 e. The number of hydrogen-bond acceptors (Lipinski definition) is 5. The van der Waals surface area contributed by atoms with Crippen molar-refractivity contribution < 1.29 is 9.84 Å². The second-order valence-corrected chi connectivity index (χ2v) is 5.17. The molecular weight excluding hydrogens is 224 g/mol. The monoisotopic (exact) mass is 244 g/mol. The standard InChI is InChI=1S/C11H20N2O2S/c1-7(2)9-11(16-13-12-9)10(14)8(3)5-6-15-4/h7-8,10,14H,5-6H2,1-4H3. The van der Waals surface area contributed by atoms with Gasteiger partial charge in [-0.25, -0.2) is 0 Å². The fourth-order valence-corrected chi connectivity index (χ4v) is 2.46. The molecule has 1 rings (SSSR count). The van der Waals surface area contributed by atoms with Gasteiger partial charge in [0.1, 0.15) is 0 Å². The first kappa shape index (κ1) is 13.5. The molecule has 0 amide bonds. The van der Waals surface area contributed by atoms with E-state index in [1.807, 2.05) is 6.92 Å². The molecule has 1 aromatic heterocycles. The minimum absolute atomic E-state index is 0.166. The lowest BCUT2D eigenvalue weighted by atomic mass is 9.97. The summed E-state index contributed by atoms with van der Waals surface area (Å²) in [6.45, 7) is 6.81. The average molecular weight is 244 g/mol. The van der Waals surface area contributed by atoms with Gasteiger partial charge in [-0.15, -0.1) is 5.10 Å². The fourth-order valence-electron chi connectivity index (χ4n) is 1.53. The Morgan fingerprint density at radius 2 is 2.06 bits per heavy atom. The van der Waals surface area contributed by atoms with Crippen LogP contribution in [0.25, 0.3) is 0 Å². The van der Waals surface area contributed by atoms with Crippen molar-refractivity contribution in [1.82, 2.24) is 9.59 Å². The highest BCUT2D eigenvalue weighted by Gasteiger charge is 2.23. The van der Waals surface area contributed by atoms with Crippen LogP contribution in [0.5, 0.6) is 0 Å². The summed E-state index contributed by atoms with van der Waals surface area (Å²) in [5.74, 6) is 0.470. The number of aliphatic hydroxyl groups is 1.